The molecule has 20 heavy (non-hydrogen) atoms. The number of nitrogens with zero attached hydrogens (tertiary/aromatic N) is 1. The van der Waals surface area contributed by atoms with E-state index in [2.05, 4.69) is 15.9 Å². The van der Waals surface area contributed by atoms with Crippen molar-refractivity contribution in [2.24, 2.45) is 23.0 Å². The Kier molecular flexibility index (Phi) is 3.58. The summed E-state index contributed by atoms with van der Waals surface area (Å²) in [5.74, 6) is 1.52. The molecule has 2 saturated carbocycles. The van der Waals surface area contributed by atoms with E-state index < -0.39 is 0 Å². The highest BCUT2D eigenvalue weighted by Gasteiger charge is 2.50. The van der Waals surface area contributed by atoms with Gasteiger partial charge in [-0.1, -0.05) is 18.6 Å². The summed E-state index contributed by atoms with van der Waals surface area (Å²) < 4.78 is 0.626. The van der Waals surface area contributed by atoms with Crippen LogP contribution >= 0.6 is 15.9 Å². The Morgan fingerprint density at radius 1 is 1.45 bits per heavy atom. The summed E-state index contributed by atoms with van der Waals surface area (Å²) in [7, 11) is 0. The second kappa shape index (κ2) is 5.11. The molecule has 0 aliphatic heterocycles. The fraction of sp³-hybridized carbons (Fsp3) is 0.600. The van der Waals surface area contributed by atoms with Gasteiger partial charge in [0.1, 0.15) is 0 Å². The number of hydrogen-bond donors (Lipinski definition) is 1. The quantitative estimate of drug-likeness (QED) is 0.672. The third-order valence-corrected chi connectivity index (χ3v) is 6.22. The number of halogens is 1. The molecule has 0 saturated heterocycles. The van der Waals surface area contributed by atoms with Crippen LogP contribution in [0.25, 0.3) is 0 Å². The molecule has 2 bridgehead atoms. The van der Waals surface area contributed by atoms with Crippen LogP contribution in [0.2, 0.25) is 0 Å². The molecule has 2 aliphatic carbocycles. The molecule has 0 aromatic heterocycles. The molecule has 3 unspecified atom stereocenters. The van der Waals surface area contributed by atoms with Crippen LogP contribution in [0.5, 0.6) is 0 Å². The van der Waals surface area contributed by atoms with E-state index in [1.807, 2.05) is 6.07 Å². The number of rotatable bonds is 4. The zero-order chi connectivity index (χ0) is 14.3. The Morgan fingerprint density at radius 2 is 2.25 bits per heavy atom. The molecule has 4 nitrogen and oxygen atoms in total. The van der Waals surface area contributed by atoms with Gasteiger partial charge in [-0.2, -0.15) is 0 Å². The van der Waals surface area contributed by atoms with Gasteiger partial charge >= 0.3 is 0 Å². The second-order valence-electron chi connectivity index (χ2n) is 6.33. The van der Waals surface area contributed by atoms with Gasteiger partial charge in [0.15, 0.2) is 0 Å². The van der Waals surface area contributed by atoms with Crippen molar-refractivity contribution in [3.8, 4) is 0 Å². The van der Waals surface area contributed by atoms with E-state index in [9.17, 15) is 10.1 Å². The zero-order valence-electron chi connectivity index (χ0n) is 11.3. The highest BCUT2D eigenvalue weighted by molar-refractivity contribution is 9.10. The number of nitro benzene ring substituents is 1. The van der Waals surface area contributed by atoms with E-state index in [0.29, 0.717) is 16.9 Å². The highest BCUT2D eigenvalue weighted by atomic mass is 79.9. The molecule has 0 radical (unpaired) electrons. The second-order valence-corrected chi connectivity index (χ2v) is 7.12. The van der Waals surface area contributed by atoms with Crippen molar-refractivity contribution in [2.75, 3.05) is 6.54 Å². The van der Waals surface area contributed by atoms with Crippen molar-refractivity contribution in [3.63, 3.8) is 0 Å². The molecular formula is C15H19BrN2O2. The highest BCUT2D eigenvalue weighted by Crippen LogP contribution is 2.57. The van der Waals surface area contributed by atoms with E-state index in [-0.39, 0.29) is 16.0 Å². The predicted molar refractivity (Wildman–Crippen MR) is 81.4 cm³/mol. The Bertz CT molecular complexity index is 549. The summed E-state index contributed by atoms with van der Waals surface area (Å²) in [5.41, 5.74) is 7.43. The van der Waals surface area contributed by atoms with Crippen molar-refractivity contribution >= 4 is 21.6 Å². The summed E-state index contributed by atoms with van der Waals surface area (Å²) in [4.78, 5) is 10.7. The van der Waals surface area contributed by atoms with Gasteiger partial charge in [0.25, 0.3) is 5.69 Å². The third kappa shape index (κ3) is 2.17. The smallest absolute Gasteiger partial charge is 0.283 e. The Labute approximate surface area is 127 Å². The van der Waals surface area contributed by atoms with Crippen molar-refractivity contribution in [1.29, 1.82) is 0 Å². The molecule has 2 aliphatic rings. The number of fused-ring (bicyclic) bond motifs is 2. The first-order valence-electron chi connectivity index (χ1n) is 7.17. The van der Waals surface area contributed by atoms with E-state index in [1.165, 1.54) is 25.7 Å². The molecule has 0 spiro atoms. The van der Waals surface area contributed by atoms with Gasteiger partial charge < -0.3 is 5.73 Å². The molecule has 2 N–H and O–H groups in total. The van der Waals surface area contributed by atoms with Crippen LogP contribution in [-0.4, -0.2) is 11.5 Å². The van der Waals surface area contributed by atoms with Gasteiger partial charge in [-0.25, -0.2) is 0 Å². The lowest BCUT2D eigenvalue weighted by Gasteiger charge is -2.37. The maximum absolute atomic E-state index is 11.0. The maximum atomic E-state index is 11.0. The summed E-state index contributed by atoms with van der Waals surface area (Å²) in [6, 6.07) is 5.31. The third-order valence-electron chi connectivity index (χ3n) is 5.31. The van der Waals surface area contributed by atoms with E-state index in [4.69, 9.17) is 5.73 Å². The van der Waals surface area contributed by atoms with Gasteiger partial charge in [-0.15, -0.1) is 0 Å². The molecule has 2 fully saturated rings. The van der Waals surface area contributed by atoms with Crippen LogP contribution in [-0.2, 0) is 6.42 Å². The lowest BCUT2D eigenvalue weighted by Crippen LogP contribution is -2.38. The van der Waals surface area contributed by atoms with E-state index in [0.717, 1.165) is 17.9 Å². The van der Waals surface area contributed by atoms with Gasteiger partial charge in [-0.05, 0) is 71.0 Å². The minimum absolute atomic E-state index is 0.151. The first-order chi connectivity index (χ1) is 9.55. The summed E-state index contributed by atoms with van der Waals surface area (Å²) in [6.07, 6.45) is 5.94. The van der Waals surface area contributed by atoms with Crippen LogP contribution in [0, 0.1) is 27.4 Å². The predicted octanol–water partition coefficient (Wildman–Crippen LogP) is 3.66. The minimum atomic E-state index is -0.330. The summed E-state index contributed by atoms with van der Waals surface area (Å²) in [5, 5.41) is 11.0. The minimum Gasteiger partial charge on any atom is -0.330 e. The van der Waals surface area contributed by atoms with E-state index >= 15 is 0 Å². The zero-order valence-corrected chi connectivity index (χ0v) is 12.9. The van der Waals surface area contributed by atoms with Crippen LogP contribution in [0.1, 0.15) is 31.2 Å². The number of nitro groups is 1. The molecular weight excluding hydrogens is 320 g/mol. The molecule has 5 heteroatoms. The van der Waals surface area contributed by atoms with Crippen molar-refractivity contribution < 1.29 is 4.92 Å². The Hall–Kier alpha value is -0.940. The number of nitrogens with two attached hydrogens (primary N) is 1. The van der Waals surface area contributed by atoms with Crippen LogP contribution in [0.3, 0.4) is 0 Å². The van der Waals surface area contributed by atoms with Crippen LogP contribution in [0.4, 0.5) is 5.69 Å². The fourth-order valence-corrected chi connectivity index (χ4v) is 4.87. The molecule has 3 atom stereocenters. The van der Waals surface area contributed by atoms with Gasteiger partial charge in [0.2, 0.25) is 0 Å². The van der Waals surface area contributed by atoms with Crippen LogP contribution < -0.4 is 5.73 Å². The van der Waals surface area contributed by atoms with E-state index in [1.54, 1.807) is 12.1 Å². The van der Waals surface area contributed by atoms with Crippen LogP contribution in [0.15, 0.2) is 22.7 Å². The molecule has 3 rings (SSSR count). The van der Waals surface area contributed by atoms with Crippen molar-refractivity contribution in [3.05, 3.63) is 38.3 Å². The topological polar surface area (TPSA) is 69.2 Å². The van der Waals surface area contributed by atoms with Crippen molar-refractivity contribution in [1.82, 2.24) is 0 Å². The number of benzene rings is 1. The van der Waals surface area contributed by atoms with Crippen molar-refractivity contribution in [2.45, 2.75) is 32.1 Å². The first kappa shape index (κ1) is 14.0. The molecule has 0 amide bonds. The fourth-order valence-electron chi connectivity index (χ4n) is 4.32. The van der Waals surface area contributed by atoms with Gasteiger partial charge in [-0.3, -0.25) is 10.1 Å². The lowest BCUT2D eigenvalue weighted by molar-refractivity contribution is -0.385. The Morgan fingerprint density at radius 3 is 2.80 bits per heavy atom. The first-order valence-corrected chi connectivity index (χ1v) is 7.97. The SMILES string of the molecule is NCC1(Cc2cccc([N+](=O)[O-])c2Br)CC2CCC1C2. The Balaban J connectivity index is 1.91. The van der Waals surface area contributed by atoms with Gasteiger partial charge in [0, 0.05) is 6.07 Å². The van der Waals surface area contributed by atoms with Gasteiger partial charge in [0.05, 0.1) is 9.40 Å². The maximum Gasteiger partial charge on any atom is 0.283 e. The standard InChI is InChI=1S/C15H19BrN2O2/c16-14-11(2-1-3-13(14)18(19)20)8-15(9-17)7-10-4-5-12(15)6-10/h1-3,10,12H,4-9,17H2. The number of hydrogen-bond acceptors (Lipinski definition) is 3. The molecule has 0 heterocycles. The molecule has 1 aromatic carbocycles. The monoisotopic (exact) mass is 338 g/mol. The largest absolute Gasteiger partial charge is 0.330 e. The lowest BCUT2D eigenvalue weighted by atomic mass is 9.69. The summed E-state index contributed by atoms with van der Waals surface area (Å²) in [6.45, 7) is 0.684. The summed E-state index contributed by atoms with van der Waals surface area (Å²) >= 11 is 3.41. The average Bonchev–Trinajstić information content (AvgIpc) is 3.01. The average molecular weight is 339 g/mol. The normalized spacial score (nSPS) is 31.7. The molecule has 108 valence electrons. The molecule has 1 aromatic rings.